The molecular weight excluding hydrogens is 427 g/mol. The molecule has 0 bridgehead atoms. The summed E-state index contributed by atoms with van der Waals surface area (Å²) in [4.78, 5) is 24.4. The summed E-state index contributed by atoms with van der Waals surface area (Å²) in [7, 11) is 1.58. The zero-order chi connectivity index (χ0) is 21.5. The minimum absolute atomic E-state index is 0.197. The first-order chi connectivity index (χ1) is 14.4. The monoisotopic (exact) mass is 444 g/mol. The minimum atomic E-state index is -0.350. The van der Waals surface area contributed by atoms with Crippen molar-refractivity contribution < 1.29 is 19.1 Å². The molecule has 2 N–H and O–H groups in total. The van der Waals surface area contributed by atoms with Crippen molar-refractivity contribution in [3.63, 3.8) is 0 Å². The molecule has 0 saturated carbocycles. The van der Waals surface area contributed by atoms with E-state index in [1.165, 1.54) is 6.07 Å². The van der Waals surface area contributed by atoms with Crippen molar-refractivity contribution in [2.24, 2.45) is 0 Å². The molecular formula is C22H18Cl2N2O4. The summed E-state index contributed by atoms with van der Waals surface area (Å²) in [5, 5.41) is 6.25. The van der Waals surface area contributed by atoms with Gasteiger partial charge in [-0.15, -0.1) is 0 Å². The highest BCUT2D eigenvalue weighted by molar-refractivity contribution is 6.42. The van der Waals surface area contributed by atoms with Crippen LogP contribution in [-0.2, 0) is 4.79 Å². The molecule has 2 amide bonds. The second-order valence-corrected chi connectivity index (χ2v) is 6.99. The van der Waals surface area contributed by atoms with E-state index in [4.69, 9.17) is 32.7 Å². The lowest BCUT2D eigenvalue weighted by Crippen LogP contribution is -2.20. The van der Waals surface area contributed by atoms with Gasteiger partial charge in [-0.2, -0.15) is 0 Å². The van der Waals surface area contributed by atoms with Gasteiger partial charge in [-0.3, -0.25) is 9.59 Å². The van der Waals surface area contributed by atoms with E-state index in [1.54, 1.807) is 67.8 Å². The molecule has 0 aromatic heterocycles. The quantitative estimate of drug-likeness (QED) is 0.520. The van der Waals surface area contributed by atoms with Crippen LogP contribution in [-0.4, -0.2) is 25.5 Å². The molecule has 0 aliphatic rings. The maximum Gasteiger partial charge on any atom is 0.262 e. The van der Waals surface area contributed by atoms with Gasteiger partial charge in [0, 0.05) is 23.0 Å². The number of benzene rings is 3. The number of halogens is 2. The smallest absolute Gasteiger partial charge is 0.262 e. The Labute approximate surface area is 183 Å². The Morgan fingerprint density at radius 1 is 0.800 bits per heavy atom. The van der Waals surface area contributed by atoms with Crippen LogP contribution >= 0.6 is 23.2 Å². The summed E-state index contributed by atoms with van der Waals surface area (Å²) < 4.78 is 10.5. The number of amides is 2. The van der Waals surface area contributed by atoms with E-state index >= 15 is 0 Å². The summed E-state index contributed by atoms with van der Waals surface area (Å²) in [5.74, 6) is 0.527. The average Bonchev–Trinajstić information content (AvgIpc) is 2.75. The van der Waals surface area contributed by atoms with Gasteiger partial charge >= 0.3 is 0 Å². The van der Waals surface area contributed by atoms with Gasteiger partial charge in [-0.1, -0.05) is 23.2 Å². The van der Waals surface area contributed by atoms with Gasteiger partial charge in [0.15, 0.2) is 6.61 Å². The van der Waals surface area contributed by atoms with Crippen LogP contribution in [0.1, 0.15) is 10.4 Å². The van der Waals surface area contributed by atoms with E-state index < -0.39 is 0 Å². The fourth-order valence-corrected chi connectivity index (χ4v) is 2.78. The van der Waals surface area contributed by atoms with Gasteiger partial charge in [-0.25, -0.2) is 0 Å². The van der Waals surface area contributed by atoms with Crippen LogP contribution < -0.4 is 20.1 Å². The largest absolute Gasteiger partial charge is 0.497 e. The summed E-state index contributed by atoms with van der Waals surface area (Å²) >= 11 is 11.8. The second kappa shape index (κ2) is 10.0. The summed E-state index contributed by atoms with van der Waals surface area (Å²) in [6, 6.07) is 18.3. The molecule has 3 aromatic rings. The summed E-state index contributed by atoms with van der Waals surface area (Å²) in [6.07, 6.45) is 0. The van der Waals surface area contributed by atoms with Crippen LogP contribution in [0.25, 0.3) is 0 Å². The molecule has 8 heteroatoms. The zero-order valence-corrected chi connectivity index (χ0v) is 17.5. The molecule has 0 radical (unpaired) electrons. The van der Waals surface area contributed by atoms with Crippen LogP contribution in [0.15, 0.2) is 66.7 Å². The van der Waals surface area contributed by atoms with Gasteiger partial charge in [0.2, 0.25) is 0 Å². The van der Waals surface area contributed by atoms with Crippen LogP contribution in [0.2, 0.25) is 10.0 Å². The number of hydrogen-bond acceptors (Lipinski definition) is 4. The molecule has 154 valence electrons. The molecule has 0 atom stereocenters. The van der Waals surface area contributed by atoms with Crippen LogP contribution in [0.3, 0.4) is 0 Å². The van der Waals surface area contributed by atoms with E-state index in [1.807, 2.05) is 0 Å². The third-order valence-electron chi connectivity index (χ3n) is 4.04. The van der Waals surface area contributed by atoms with Crippen LogP contribution in [0, 0.1) is 0 Å². The SMILES string of the molecule is COc1ccc(NC(=O)c2ccc(NC(=O)COc3ccc(Cl)c(Cl)c3)cc2)cc1. The first kappa shape index (κ1) is 21.5. The number of hydrogen-bond donors (Lipinski definition) is 2. The van der Waals surface area contributed by atoms with Gasteiger partial charge in [0.05, 0.1) is 17.2 Å². The van der Waals surface area contributed by atoms with Crippen molar-refractivity contribution in [1.82, 2.24) is 0 Å². The number of rotatable bonds is 7. The van der Waals surface area contributed by atoms with Crippen molar-refractivity contribution in [3.05, 3.63) is 82.3 Å². The van der Waals surface area contributed by atoms with E-state index in [2.05, 4.69) is 10.6 Å². The highest BCUT2D eigenvalue weighted by Gasteiger charge is 2.09. The Bertz CT molecular complexity index is 1040. The molecule has 0 heterocycles. The van der Waals surface area contributed by atoms with Crippen molar-refractivity contribution in [1.29, 1.82) is 0 Å². The third kappa shape index (κ3) is 5.89. The Morgan fingerprint density at radius 3 is 2.03 bits per heavy atom. The molecule has 6 nitrogen and oxygen atoms in total. The Morgan fingerprint density at radius 2 is 1.40 bits per heavy atom. The maximum absolute atomic E-state index is 12.3. The van der Waals surface area contributed by atoms with Crippen molar-refractivity contribution >= 4 is 46.4 Å². The first-order valence-electron chi connectivity index (χ1n) is 8.88. The topological polar surface area (TPSA) is 76.7 Å². The minimum Gasteiger partial charge on any atom is -0.497 e. The number of carbonyl (C=O) groups excluding carboxylic acids is 2. The zero-order valence-electron chi connectivity index (χ0n) is 15.9. The molecule has 0 unspecified atom stereocenters. The second-order valence-electron chi connectivity index (χ2n) is 6.17. The van der Waals surface area contributed by atoms with E-state index in [9.17, 15) is 9.59 Å². The van der Waals surface area contributed by atoms with E-state index in [0.29, 0.717) is 38.5 Å². The normalized spacial score (nSPS) is 10.2. The molecule has 30 heavy (non-hydrogen) atoms. The molecule has 0 spiro atoms. The summed E-state index contributed by atoms with van der Waals surface area (Å²) in [6.45, 7) is -0.197. The van der Waals surface area contributed by atoms with Gasteiger partial charge in [0.1, 0.15) is 11.5 Å². The fraction of sp³-hybridized carbons (Fsp3) is 0.0909. The number of methoxy groups -OCH3 is 1. The lowest BCUT2D eigenvalue weighted by Gasteiger charge is -2.09. The molecule has 0 fully saturated rings. The van der Waals surface area contributed by atoms with Crippen molar-refractivity contribution in [3.8, 4) is 11.5 Å². The molecule has 0 saturated heterocycles. The third-order valence-corrected chi connectivity index (χ3v) is 4.78. The Kier molecular flexibility index (Phi) is 7.17. The molecule has 0 aliphatic heterocycles. The average molecular weight is 445 g/mol. The predicted octanol–water partition coefficient (Wildman–Crippen LogP) is 5.27. The van der Waals surface area contributed by atoms with E-state index in [-0.39, 0.29) is 18.4 Å². The molecule has 0 aliphatic carbocycles. The van der Waals surface area contributed by atoms with Crippen LogP contribution in [0.4, 0.5) is 11.4 Å². The lowest BCUT2D eigenvalue weighted by atomic mass is 10.2. The van der Waals surface area contributed by atoms with Crippen molar-refractivity contribution in [2.75, 3.05) is 24.4 Å². The Balaban J connectivity index is 1.52. The predicted molar refractivity (Wildman–Crippen MR) is 118 cm³/mol. The number of nitrogens with one attached hydrogen (secondary N) is 2. The van der Waals surface area contributed by atoms with Gasteiger partial charge < -0.3 is 20.1 Å². The fourth-order valence-electron chi connectivity index (χ4n) is 2.50. The Hall–Kier alpha value is -3.22. The highest BCUT2D eigenvalue weighted by Crippen LogP contribution is 2.26. The van der Waals surface area contributed by atoms with Crippen molar-refractivity contribution in [2.45, 2.75) is 0 Å². The summed E-state index contributed by atoms with van der Waals surface area (Å²) in [5.41, 5.74) is 1.65. The van der Waals surface area contributed by atoms with E-state index in [0.717, 1.165) is 0 Å². The van der Waals surface area contributed by atoms with Gasteiger partial charge in [-0.05, 0) is 60.7 Å². The van der Waals surface area contributed by atoms with Crippen LogP contribution in [0.5, 0.6) is 11.5 Å². The first-order valence-corrected chi connectivity index (χ1v) is 9.63. The highest BCUT2D eigenvalue weighted by atomic mass is 35.5. The molecule has 3 aromatic carbocycles. The standard InChI is InChI=1S/C22H18Cl2N2O4/c1-29-17-8-6-16(7-9-17)26-22(28)14-2-4-15(5-3-14)25-21(27)13-30-18-10-11-19(23)20(24)12-18/h2-12H,13H2,1H3,(H,25,27)(H,26,28). The van der Waals surface area contributed by atoms with Gasteiger partial charge in [0.25, 0.3) is 11.8 Å². The molecule has 3 rings (SSSR count). The number of anilines is 2. The number of ether oxygens (including phenoxy) is 2. The lowest BCUT2D eigenvalue weighted by molar-refractivity contribution is -0.118. The number of carbonyl (C=O) groups is 2. The maximum atomic E-state index is 12.3.